The summed E-state index contributed by atoms with van der Waals surface area (Å²) in [6.45, 7) is 0. The van der Waals surface area contributed by atoms with Crippen molar-refractivity contribution in [3.05, 3.63) is 40.1 Å². The lowest BCUT2D eigenvalue weighted by Gasteiger charge is -2.00. The largest absolute Gasteiger partial charge is 0.324 e. The van der Waals surface area contributed by atoms with Crippen LogP contribution >= 0.6 is 15.9 Å². The van der Waals surface area contributed by atoms with E-state index in [0.717, 1.165) is 29.4 Å². The zero-order valence-corrected chi connectivity index (χ0v) is 9.50. The molecule has 1 aliphatic carbocycles. The standard InChI is InChI=1S/C11H13BrN2/c12-9-2-4-11(14-7-9)6-8-1-3-10(13)5-8/h2,4-5,7,10H,1,3,6,13H2. The lowest BCUT2D eigenvalue weighted by Crippen LogP contribution is -2.11. The predicted octanol–water partition coefficient (Wildman–Crippen LogP) is 2.43. The summed E-state index contributed by atoms with van der Waals surface area (Å²) < 4.78 is 1.03. The quantitative estimate of drug-likeness (QED) is 0.822. The molecule has 3 heteroatoms. The van der Waals surface area contributed by atoms with Crippen LogP contribution in [0.15, 0.2) is 34.5 Å². The van der Waals surface area contributed by atoms with Gasteiger partial charge in [0.05, 0.1) is 0 Å². The molecule has 1 heterocycles. The van der Waals surface area contributed by atoms with Crippen molar-refractivity contribution in [3.63, 3.8) is 0 Å². The number of nitrogens with zero attached hydrogens (tertiary/aromatic N) is 1. The fourth-order valence-corrected chi connectivity index (χ4v) is 1.95. The molecule has 2 rings (SSSR count). The molecule has 74 valence electrons. The Labute approximate surface area is 92.4 Å². The minimum atomic E-state index is 0.264. The molecule has 1 aliphatic rings. The first-order valence-corrected chi connectivity index (χ1v) is 5.59. The van der Waals surface area contributed by atoms with Gasteiger partial charge in [0, 0.05) is 28.8 Å². The molecule has 0 aromatic carbocycles. The van der Waals surface area contributed by atoms with E-state index in [0.29, 0.717) is 0 Å². The Bertz CT molecular complexity index is 343. The van der Waals surface area contributed by atoms with Crippen LogP contribution in [0.1, 0.15) is 18.5 Å². The van der Waals surface area contributed by atoms with Crippen LogP contribution in [0.4, 0.5) is 0 Å². The van der Waals surface area contributed by atoms with E-state index in [1.807, 2.05) is 12.3 Å². The van der Waals surface area contributed by atoms with Gasteiger partial charge in [-0.25, -0.2) is 0 Å². The molecule has 0 amide bonds. The Morgan fingerprint density at radius 3 is 2.93 bits per heavy atom. The molecule has 0 saturated heterocycles. The average molecular weight is 253 g/mol. The van der Waals surface area contributed by atoms with Crippen LogP contribution in [0.5, 0.6) is 0 Å². The van der Waals surface area contributed by atoms with E-state index < -0.39 is 0 Å². The van der Waals surface area contributed by atoms with E-state index in [4.69, 9.17) is 5.73 Å². The summed E-state index contributed by atoms with van der Waals surface area (Å²) >= 11 is 3.37. The molecule has 0 spiro atoms. The third-order valence-electron chi connectivity index (χ3n) is 2.45. The van der Waals surface area contributed by atoms with Crippen LogP contribution in [0, 0.1) is 0 Å². The average Bonchev–Trinajstić information content (AvgIpc) is 2.56. The van der Waals surface area contributed by atoms with Gasteiger partial charge in [-0.1, -0.05) is 11.6 Å². The zero-order chi connectivity index (χ0) is 9.97. The molecule has 0 bridgehead atoms. The summed E-state index contributed by atoms with van der Waals surface area (Å²) in [5.74, 6) is 0. The molecule has 1 aromatic rings. The fourth-order valence-electron chi connectivity index (χ4n) is 1.71. The number of pyridine rings is 1. The zero-order valence-electron chi connectivity index (χ0n) is 7.91. The fraction of sp³-hybridized carbons (Fsp3) is 0.364. The monoisotopic (exact) mass is 252 g/mol. The van der Waals surface area contributed by atoms with Crippen LogP contribution in [0.2, 0.25) is 0 Å². The Balaban J connectivity index is 2.04. The number of hydrogen-bond donors (Lipinski definition) is 1. The van der Waals surface area contributed by atoms with E-state index in [1.54, 1.807) is 0 Å². The van der Waals surface area contributed by atoms with Crippen LogP contribution in [-0.2, 0) is 6.42 Å². The highest BCUT2D eigenvalue weighted by Crippen LogP contribution is 2.20. The van der Waals surface area contributed by atoms with Crippen molar-refractivity contribution in [3.8, 4) is 0 Å². The minimum Gasteiger partial charge on any atom is -0.324 e. The third kappa shape index (κ3) is 2.42. The van der Waals surface area contributed by atoms with Crippen molar-refractivity contribution in [2.75, 3.05) is 0 Å². The highest BCUT2D eigenvalue weighted by Gasteiger charge is 2.12. The van der Waals surface area contributed by atoms with E-state index in [9.17, 15) is 0 Å². The van der Waals surface area contributed by atoms with Crippen LogP contribution in [0.3, 0.4) is 0 Å². The summed E-state index contributed by atoms with van der Waals surface area (Å²) in [6.07, 6.45) is 7.17. The van der Waals surface area contributed by atoms with Crippen molar-refractivity contribution in [1.29, 1.82) is 0 Å². The van der Waals surface area contributed by atoms with Crippen LogP contribution in [0.25, 0.3) is 0 Å². The second-order valence-electron chi connectivity index (χ2n) is 3.67. The van der Waals surface area contributed by atoms with Gasteiger partial charge in [0.2, 0.25) is 0 Å². The van der Waals surface area contributed by atoms with E-state index in [-0.39, 0.29) is 6.04 Å². The minimum absolute atomic E-state index is 0.264. The van der Waals surface area contributed by atoms with Crippen molar-refractivity contribution in [1.82, 2.24) is 4.98 Å². The van der Waals surface area contributed by atoms with Gasteiger partial charge in [0.1, 0.15) is 0 Å². The van der Waals surface area contributed by atoms with Crippen molar-refractivity contribution in [2.45, 2.75) is 25.3 Å². The molecule has 1 atom stereocenters. The second-order valence-corrected chi connectivity index (χ2v) is 4.59. The molecule has 2 nitrogen and oxygen atoms in total. The Kier molecular flexibility index (Phi) is 2.99. The molecule has 2 N–H and O–H groups in total. The molecule has 0 saturated carbocycles. The maximum Gasteiger partial charge on any atom is 0.0444 e. The Morgan fingerprint density at radius 2 is 2.36 bits per heavy atom. The summed E-state index contributed by atoms with van der Waals surface area (Å²) in [4.78, 5) is 4.34. The summed E-state index contributed by atoms with van der Waals surface area (Å²) in [5, 5.41) is 0. The molecule has 0 radical (unpaired) electrons. The van der Waals surface area contributed by atoms with Crippen molar-refractivity contribution >= 4 is 15.9 Å². The van der Waals surface area contributed by atoms with Gasteiger partial charge in [0.25, 0.3) is 0 Å². The maximum absolute atomic E-state index is 5.80. The topological polar surface area (TPSA) is 38.9 Å². The molecule has 0 aliphatic heterocycles. The molecule has 1 aromatic heterocycles. The summed E-state index contributed by atoms with van der Waals surface area (Å²) in [7, 11) is 0. The lowest BCUT2D eigenvalue weighted by molar-refractivity contribution is 0.768. The SMILES string of the molecule is NC1C=C(Cc2ccc(Br)cn2)CC1. The predicted molar refractivity (Wildman–Crippen MR) is 60.9 cm³/mol. The summed E-state index contributed by atoms with van der Waals surface area (Å²) in [6, 6.07) is 4.34. The second kappa shape index (κ2) is 4.24. The van der Waals surface area contributed by atoms with E-state index >= 15 is 0 Å². The molecule has 14 heavy (non-hydrogen) atoms. The number of nitrogens with two attached hydrogens (primary N) is 1. The number of rotatable bonds is 2. The normalized spacial score (nSPS) is 21.0. The number of halogens is 1. The van der Waals surface area contributed by atoms with Gasteiger partial charge in [-0.15, -0.1) is 0 Å². The first-order valence-electron chi connectivity index (χ1n) is 4.79. The molecule has 1 unspecified atom stereocenters. The maximum atomic E-state index is 5.80. The lowest BCUT2D eigenvalue weighted by atomic mass is 10.1. The van der Waals surface area contributed by atoms with E-state index in [1.165, 1.54) is 5.57 Å². The molecular formula is C11H13BrN2. The van der Waals surface area contributed by atoms with Gasteiger partial charge in [0.15, 0.2) is 0 Å². The van der Waals surface area contributed by atoms with Crippen LogP contribution < -0.4 is 5.73 Å². The van der Waals surface area contributed by atoms with Gasteiger partial charge in [-0.05, 0) is 40.9 Å². The highest BCUT2D eigenvalue weighted by molar-refractivity contribution is 9.10. The summed E-state index contributed by atoms with van der Waals surface area (Å²) in [5.41, 5.74) is 8.34. The Hall–Kier alpha value is -0.670. The first kappa shape index (κ1) is 9.87. The van der Waals surface area contributed by atoms with Gasteiger partial charge in [-0.3, -0.25) is 4.98 Å². The number of allylic oxidation sites excluding steroid dienone is 1. The van der Waals surface area contributed by atoms with Crippen molar-refractivity contribution in [2.24, 2.45) is 5.73 Å². The third-order valence-corrected chi connectivity index (χ3v) is 2.91. The molecule has 0 fully saturated rings. The smallest absolute Gasteiger partial charge is 0.0444 e. The van der Waals surface area contributed by atoms with Gasteiger partial charge in [-0.2, -0.15) is 0 Å². The van der Waals surface area contributed by atoms with Gasteiger partial charge >= 0.3 is 0 Å². The van der Waals surface area contributed by atoms with Crippen molar-refractivity contribution < 1.29 is 0 Å². The number of hydrogen-bond acceptors (Lipinski definition) is 2. The first-order chi connectivity index (χ1) is 6.74. The van der Waals surface area contributed by atoms with E-state index in [2.05, 4.69) is 33.1 Å². The van der Waals surface area contributed by atoms with Crippen LogP contribution in [-0.4, -0.2) is 11.0 Å². The van der Waals surface area contributed by atoms with Gasteiger partial charge < -0.3 is 5.73 Å². The number of aromatic nitrogens is 1. The highest BCUT2D eigenvalue weighted by atomic mass is 79.9. The molecular weight excluding hydrogens is 240 g/mol. The Morgan fingerprint density at radius 1 is 1.50 bits per heavy atom.